The first-order valence-corrected chi connectivity index (χ1v) is 27.2. The SMILES string of the molecule is CC/C=C\C/C=C\C/C=C\C/C=C\C/C=C\C/C=C\C/C=C\C/C=C\CCCCC(=O)NC(COP(=O)([O-])OCC[N+](C)(C)C)C(O)/C=C/CCCCCCCCCCCCCCCC. The van der Waals surface area contributed by atoms with E-state index in [9.17, 15) is 19.4 Å². The van der Waals surface area contributed by atoms with E-state index in [0.717, 1.165) is 83.5 Å². The second-order valence-electron chi connectivity index (χ2n) is 18.1. The van der Waals surface area contributed by atoms with Crippen LogP contribution in [0.5, 0.6) is 0 Å². The van der Waals surface area contributed by atoms with Gasteiger partial charge in [0, 0.05) is 6.42 Å². The molecule has 0 aliphatic heterocycles. The van der Waals surface area contributed by atoms with Crippen LogP contribution < -0.4 is 10.2 Å². The molecule has 9 heteroatoms. The average molecular weight is 925 g/mol. The highest BCUT2D eigenvalue weighted by Gasteiger charge is 2.23. The highest BCUT2D eigenvalue weighted by atomic mass is 31.2. The van der Waals surface area contributed by atoms with E-state index in [-0.39, 0.29) is 18.9 Å². The number of carbonyl (C=O) groups is 1. The van der Waals surface area contributed by atoms with Gasteiger partial charge in [0.25, 0.3) is 7.82 Å². The summed E-state index contributed by atoms with van der Waals surface area (Å²) in [5.41, 5.74) is 0. The lowest BCUT2D eigenvalue weighted by Gasteiger charge is -2.29. The van der Waals surface area contributed by atoms with Crippen LogP contribution in [-0.4, -0.2) is 68.5 Å². The molecule has 0 fully saturated rings. The van der Waals surface area contributed by atoms with Crippen LogP contribution in [0.25, 0.3) is 0 Å². The van der Waals surface area contributed by atoms with Crippen LogP contribution in [0.1, 0.15) is 187 Å². The Morgan fingerprint density at radius 1 is 0.554 bits per heavy atom. The van der Waals surface area contributed by atoms with Crippen molar-refractivity contribution >= 4 is 13.7 Å². The molecule has 0 saturated heterocycles. The van der Waals surface area contributed by atoms with Crippen LogP contribution in [0.15, 0.2) is 109 Å². The standard InChI is InChI=1S/C56H97N2O6P/c1-6-8-10-12-14-16-18-20-22-24-25-26-27-28-29-30-31-32-33-34-36-38-40-42-44-46-48-50-56(60)57-54(53-64-65(61,62)63-52-51-58(3,4)5)55(59)49-47-45-43-41-39-37-35-23-21-19-17-15-13-11-9-7-2/h8,10,14,16,20,22,25-26,28-29,31-32,34,36,40,42,47,49,54-55,59H,6-7,9,11-13,15,17-19,21,23-24,27,30,33,35,37-39,41,43-46,48,50-53H2,1-5H3,(H-,57,60,61,62)/b10-8-,16-14-,22-20-,26-25-,29-28-,32-31-,36-34-,42-40-,49-47+. The van der Waals surface area contributed by atoms with E-state index in [0.29, 0.717) is 17.4 Å². The Kier molecular flexibility index (Phi) is 44.3. The Morgan fingerprint density at radius 3 is 1.37 bits per heavy atom. The van der Waals surface area contributed by atoms with Crippen molar-refractivity contribution in [2.45, 2.75) is 199 Å². The number of unbranched alkanes of at least 4 members (excludes halogenated alkanes) is 16. The predicted molar refractivity (Wildman–Crippen MR) is 279 cm³/mol. The van der Waals surface area contributed by atoms with Crippen molar-refractivity contribution in [1.82, 2.24) is 5.32 Å². The molecule has 0 aliphatic carbocycles. The van der Waals surface area contributed by atoms with Gasteiger partial charge in [-0.25, -0.2) is 0 Å². The highest BCUT2D eigenvalue weighted by molar-refractivity contribution is 7.45. The van der Waals surface area contributed by atoms with E-state index >= 15 is 0 Å². The summed E-state index contributed by atoms with van der Waals surface area (Å²) >= 11 is 0. The summed E-state index contributed by atoms with van der Waals surface area (Å²) in [6, 6.07) is -0.918. The molecule has 3 unspecified atom stereocenters. The third-order valence-corrected chi connectivity index (χ3v) is 11.7. The molecule has 8 nitrogen and oxygen atoms in total. The smallest absolute Gasteiger partial charge is 0.268 e. The molecule has 65 heavy (non-hydrogen) atoms. The number of likely N-dealkylation sites (N-methyl/N-ethyl adjacent to an activating group) is 1. The average Bonchev–Trinajstić information content (AvgIpc) is 3.26. The highest BCUT2D eigenvalue weighted by Crippen LogP contribution is 2.38. The van der Waals surface area contributed by atoms with Crippen LogP contribution in [0.2, 0.25) is 0 Å². The van der Waals surface area contributed by atoms with E-state index in [1.54, 1.807) is 6.08 Å². The lowest BCUT2D eigenvalue weighted by molar-refractivity contribution is -0.870. The van der Waals surface area contributed by atoms with Gasteiger partial charge in [-0.05, 0) is 83.5 Å². The van der Waals surface area contributed by atoms with Crippen LogP contribution in [0, 0.1) is 0 Å². The van der Waals surface area contributed by atoms with Crippen LogP contribution in [-0.2, 0) is 18.4 Å². The first-order chi connectivity index (χ1) is 31.5. The Hall–Kier alpha value is -2.84. The van der Waals surface area contributed by atoms with E-state index in [4.69, 9.17) is 9.05 Å². The summed E-state index contributed by atoms with van der Waals surface area (Å²) in [6.07, 6.45) is 67.2. The van der Waals surface area contributed by atoms with Crippen LogP contribution in [0.3, 0.4) is 0 Å². The molecular formula is C56H97N2O6P. The minimum Gasteiger partial charge on any atom is -0.756 e. The molecule has 0 spiro atoms. The molecule has 0 aromatic carbocycles. The number of phosphoric ester groups is 1. The largest absolute Gasteiger partial charge is 0.756 e. The molecule has 1 amide bonds. The number of nitrogens with one attached hydrogen (secondary N) is 1. The van der Waals surface area contributed by atoms with Crippen molar-refractivity contribution < 1.29 is 32.9 Å². The van der Waals surface area contributed by atoms with Crippen molar-refractivity contribution in [2.24, 2.45) is 0 Å². The molecule has 3 atom stereocenters. The summed E-state index contributed by atoms with van der Waals surface area (Å²) < 4.78 is 23.2. The number of hydrogen-bond donors (Lipinski definition) is 2. The summed E-state index contributed by atoms with van der Waals surface area (Å²) in [7, 11) is 1.21. The number of carbonyl (C=O) groups excluding carboxylic acids is 1. The van der Waals surface area contributed by atoms with Gasteiger partial charge in [0.05, 0.1) is 39.9 Å². The number of phosphoric acid groups is 1. The molecular weight excluding hydrogens is 828 g/mol. The minimum absolute atomic E-state index is 0.0159. The number of amides is 1. The molecule has 372 valence electrons. The molecule has 0 aromatic rings. The Balaban J connectivity index is 4.43. The van der Waals surface area contributed by atoms with Gasteiger partial charge >= 0.3 is 0 Å². The Labute approximate surface area is 400 Å². The number of aliphatic hydroxyl groups is 1. The van der Waals surface area contributed by atoms with E-state index in [1.165, 1.54) is 77.0 Å². The van der Waals surface area contributed by atoms with E-state index in [2.05, 4.69) is 116 Å². The van der Waals surface area contributed by atoms with Crippen molar-refractivity contribution in [3.63, 3.8) is 0 Å². The number of aliphatic hydroxyl groups excluding tert-OH is 1. The normalized spacial score (nSPS) is 15.0. The van der Waals surface area contributed by atoms with Crippen molar-refractivity contribution in [3.05, 3.63) is 109 Å². The molecule has 0 rings (SSSR count). The maximum Gasteiger partial charge on any atom is 0.268 e. The summed E-state index contributed by atoms with van der Waals surface area (Å²) in [5.74, 6) is -0.244. The molecule has 2 N–H and O–H groups in total. The van der Waals surface area contributed by atoms with Gasteiger partial charge in [-0.1, -0.05) is 207 Å². The molecule has 0 heterocycles. The molecule has 0 aromatic heterocycles. The zero-order valence-corrected chi connectivity index (χ0v) is 43.0. The zero-order valence-electron chi connectivity index (χ0n) is 42.1. The first-order valence-electron chi connectivity index (χ1n) is 25.7. The van der Waals surface area contributed by atoms with Gasteiger partial charge in [-0.2, -0.15) is 0 Å². The topological polar surface area (TPSA) is 108 Å². The van der Waals surface area contributed by atoms with Crippen molar-refractivity contribution in [1.29, 1.82) is 0 Å². The molecule has 0 aliphatic rings. The molecule has 0 radical (unpaired) electrons. The quantitative estimate of drug-likeness (QED) is 0.0273. The summed E-state index contributed by atoms with van der Waals surface area (Å²) in [5, 5.41) is 13.8. The van der Waals surface area contributed by atoms with Crippen LogP contribution >= 0.6 is 7.82 Å². The fourth-order valence-corrected chi connectivity index (χ4v) is 7.42. The summed E-state index contributed by atoms with van der Waals surface area (Å²) in [6.45, 7) is 4.48. The van der Waals surface area contributed by atoms with Gasteiger partial charge in [0.15, 0.2) is 0 Å². The Bertz CT molecular complexity index is 1420. The van der Waals surface area contributed by atoms with Crippen molar-refractivity contribution in [2.75, 3.05) is 40.9 Å². The second-order valence-corrected chi connectivity index (χ2v) is 19.6. The third kappa shape index (κ3) is 48.9. The first kappa shape index (κ1) is 62.2. The van der Waals surface area contributed by atoms with Crippen LogP contribution in [0.4, 0.5) is 0 Å². The van der Waals surface area contributed by atoms with Gasteiger partial charge in [-0.15, -0.1) is 0 Å². The maximum atomic E-state index is 12.9. The van der Waals surface area contributed by atoms with Gasteiger partial charge in [0.2, 0.25) is 5.91 Å². The number of hydrogen-bond acceptors (Lipinski definition) is 6. The van der Waals surface area contributed by atoms with Gasteiger partial charge < -0.3 is 28.8 Å². The second kappa shape index (κ2) is 46.3. The number of rotatable bonds is 45. The monoisotopic (exact) mass is 925 g/mol. The number of nitrogens with zero attached hydrogens (tertiary/aromatic N) is 1. The Morgan fingerprint density at radius 2 is 0.938 bits per heavy atom. The number of allylic oxidation sites excluding steroid dienone is 17. The fraction of sp³-hybridized carbons (Fsp3) is 0.661. The fourth-order valence-electron chi connectivity index (χ4n) is 6.70. The molecule has 0 bridgehead atoms. The minimum atomic E-state index is -4.61. The zero-order chi connectivity index (χ0) is 47.8. The summed E-state index contributed by atoms with van der Waals surface area (Å²) in [4.78, 5) is 25.4. The van der Waals surface area contributed by atoms with E-state index < -0.39 is 26.6 Å². The lowest BCUT2D eigenvalue weighted by atomic mass is 10.0. The third-order valence-electron chi connectivity index (χ3n) is 10.7. The predicted octanol–water partition coefficient (Wildman–Crippen LogP) is 14.6. The lowest BCUT2D eigenvalue weighted by Crippen LogP contribution is -2.45. The van der Waals surface area contributed by atoms with E-state index in [1.807, 2.05) is 27.2 Å². The number of quaternary nitrogens is 1. The molecule has 0 saturated carbocycles. The van der Waals surface area contributed by atoms with Gasteiger partial charge in [-0.3, -0.25) is 9.36 Å². The van der Waals surface area contributed by atoms with Gasteiger partial charge in [0.1, 0.15) is 13.2 Å². The van der Waals surface area contributed by atoms with Crippen molar-refractivity contribution in [3.8, 4) is 0 Å². The maximum absolute atomic E-state index is 12.9.